The van der Waals surface area contributed by atoms with Gasteiger partial charge in [0, 0.05) is 6.54 Å². The van der Waals surface area contributed by atoms with Crippen molar-refractivity contribution in [3.05, 3.63) is 5.82 Å². The van der Waals surface area contributed by atoms with Gasteiger partial charge in [0.15, 0.2) is 0 Å². The molecule has 1 heterocycles. The number of aliphatic hydroxyl groups excluding tert-OH is 1. The van der Waals surface area contributed by atoms with Gasteiger partial charge in [-0.1, -0.05) is 0 Å². The summed E-state index contributed by atoms with van der Waals surface area (Å²) in [4.78, 5) is 14.8. The van der Waals surface area contributed by atoms with Crippen LogP contribution >= 0.6 is 0 Å². The molecule has 0 aliphatic rings. The van der Waals surface area contributed by atoms with Crippen molar-refractivity contribution in [1.82, 2.24) is 20.5 Å². The number of anilines is 1. The van der Waals surface area contributed by atoms with E-state index < -0.39 is 12.0 Å². The number of nitrogens with one attached hydrogen (secondary N) is 2. The number of hydrogen-bond acceptors (Lipinski definition) is 5. The fourth-order valence-electron chi connectivity index (χ4n) is 0.700. The predicted octanol–water partition coefficient (Wildman–Crippen LogP) is -1.50. The van der Waals surface area contributed by atoms with Crippen LogP contribution in [0.3, 0.4) is 0 Å². The maximum Gasteiger partial charge on any atom is 0.288 e. The number of aromatic amines is 1. The molecule has 0 saturated carbocycles. The van der Waals surface area contributed by atoms with Crippen LogP contribution in [-0.2, 0) is 0 Å². The Morgan fingerprint density at radius 3 is 3.00 bits per heavy atom. The average Bonchev–Trinajstić information content (AvgIpc) is 2.47. The highest BCUT2D eigenvalue weighted by Crippen LogP contribution is 1.92. The van der Waals surface area contributed by atoms with E-state index in [4.69, 9.17) is 10.8 Å². The molecule has 0 aromatic carbocycles. The first kappa shape index (κ1) is 9.46. The number of nitrogen functional groups attached to an aromatic ring is 1. The molecule has 0 spiro atoms. The van der Waals surface area contributed by atoms with Crippen LogP contribution in [-0.4, -0.2) is 38.8 Å². The average molecular weight is 185 g/mol. The van der Waals surface area contributed by atoms with Gasteiger partial charge in [-0.05, 0) is 6.92 Å². The Bertz CT molecular complexity index is 295. The zero-order valence-electron chi connectivity index (χ0n) is 7.11. The monoisotopic (exact) mass is 185 g/mol. The van der Waals surface area contributed by atoms with Gasteiger partial charge in [-0.15, -0.1) is 5.10 Å². The zero-order chi connectivity index (χ0) is 9.84. The van der Waals surface area contributed by atoms with Gasteiger partial charge in [-0.25, -0.2) is 0 Å². The number of aliphatic hydroxyl groups is 1. The number of carbonyl (C=O) groups excluding carboxylic acids is 1. The molecule has 0 aliphatic heterocycles. The molecule has 7 nitrogen and oxygen atoms in total. The second-order valence-corrected chi connectivity index (χ2v) is 2.60. The maximum atomic E-state index is 11.2. The van der Waals surface area contributed by atoms with Gasteiger partial charge >= 0.3 is 0 Å². The fourth-order valence-corrected chi connectivity index (χ4v) is 0.700. The smallest absolute Gasteiger partial charge is 0.288 e. The standard InChI is InChI=1S/C6H11N5O2/c1-3(12)2-8-5(13)4-9-6(7)11-10-4/h3,12H,2H2,1H3,(H,8,13)(H3,7,9,10,11)/t3-/m0/s1. The van der Waals surface area contributed by atoms with E-state index in [-0.39, 0.29) is 18.3 Å². The molecule has 0 unspecified atom stereocenters. The molecule has 1 aromatic heterocycles. The van der Waals surface area contributed by atoms with E-state index in [2.05, 4.69) is 20.5 Å². The summed E-state index contributed by atoms with van der Waals surface area (Å²) in [6, 6.07) is 0. The minimum absolute atomic E-state index is 0.0159. The molecule has 7 heteroatoms. The molecule has 0 fully saturated rings. The zero-order valence-corrected chi connectivity index (χ0v) is 7.11. The minimum Gasteiger partial charge on any atom is -0.392 e. The number of amides is 1. The van der Waals surface area contributed by atoms with E-state index in [0.29, 0.717) is 0 Å². The maximum absolute atomic E-state index is 11.2. The third-order valence-corrected chi connectivity index (χ3v) is 1.28. The summed E-state index contributed by atoms with van der Waals surface area (Å²) in [5.41, 5.74) is 5.19. The first-order valence-electron chi connectivity index (χ1n) is 3.73. The number of carbonyl (C=O) groups is 1. The second kappa shape index (κ2) is 3.85. The van der Waals surface area contributed by atoms with E-state index in [1.807, 2.05) is 0 Å². The molecule has 13 heavy (non-hydrogen) atoms. The highest BCUT2D eigenvalue weighted by atomic mass is 16.3. The molecule has 1 atom stereocenters. The predicted molar refractivity (Wildman–Crippen MR) is 44.8 cm³/mol. The Morgan fingerprint density at radius 1 is 1.85 bits per heavy atom. The summed E-state index contributed by atoms with van der Waals surface area (Å²) in [6.07, 6.45) is -0.593. The number of aromatic nitrogens is 3. The van der Waals surface area contributed by atoms with Crippen LogP contribution in [0.1, 0.15) is 17.5 Å². The van der Waals surface area contributed by atoms with E-state index in [9.17, 15) is 4.79 Å². The lowest BCUT2D eigenvalue weighted by Crippen LogP contribution is -2.31. The van der Waals surface area contributed by atoms with Crippen LogP contribution in [0.5, 0.6) is 0 Å². The van der Waals surface area contributed by atoms with E-state index in [0.717, 1.165) is 0 Å². The van der Waals surface area contributed by atoms with Crippen LogP contribution in [0.2, 0.25) is 0 Å². The fraction of sp³-hybridized carbons (Fsp3) is 0.500. The Labute approximate surface area is 74.4 Å². The van der Waals surface area contributed by atoms with Gasteiger partial charge < -0.3 is 16.2 Å². The van der Waals surface area contributed by atoms with Crippen molar-refractivity contribution in [3.8, 4) is 0 Å². The van der Waals surface area contributed by atoms with Crippen molar-refractivity contribution in [2.24, 2.45) is 0 Å². The minimum atomic E-state index is -0.593. The number of H-pyrrole nitrogens is 1. The van der Waals surface area contributed by atoms with E-state index >= 15 is 0 Å². The van der Waals surface area contributed by atoms with Crippen LogP contribution in [0.15, 0.2) is 0 Å². The first-order chi connectivity index (χ1) is 6.09. The normalized spacial score (nSPS) is 12.5. The van der Waals surface area contributed by atoms with Crippen molar-refractivity contribution >= 4 is 11.9 Å². The second-order valence-electron chi connectivity index (χ2n) is 2.60. The highest BCUT2D eigenvalue weighted by Gasteiger charge is 2.10. The molecule has 0 bridgehead atoms. The number of hydrogen-bond donors (Lipinski definition) is 4. The summed E-state index contributed by atoms with van der Waals surface area (Å²) in [6.45, 7) is 1.73. The van der Waals surface area contributed by atoms with Crippen molar-refractivity contribution in [1.29, 1.82) is 0 Å². The van der Waals surface area contributed by atoms with Gasteiger partial charge in [-0.3, -0.25) is 9.89 Å². The first-order valence-corrected chi connectivity index (χ1v) is 3.73. The molecule has 0 radical (unpaired) electrons. The molecule has 0 aliphatic carbocycles. The lowest BCUT2D eigenvalue weighted by Gasteiger charge is -2.03. The number of nitrogens with two attached hydrogens (primary N) is 1. The van der Waals surface area contributed by atoms with E-state index in [1.54, 1.807) is 6.92 Å². The van der Waals surface area contributed by atoms with Crippen LogP contribution in [0.25, 0.3) is 0 Å². The van der Waals surface area contributed by atoms with Gasteiger partial charge in [0.1, 0.15) is 0 Å². The third kappa shape index (κ3) is 2.71. The third-order valence-electron chi connectivity index (χ3n) is 1.28. The largest absolute Gasteiger partial charge is 0.392 e. The lowest BCUT2D eigenvalue weighted by molar-refractivity contribution is 0.0914. The summed E-state index contributed by atoms with van der Waals surface area (Å²) < 4.78 is 0. The van der Waals surface area contributed by atoms with Gasteiger partial charge in [0.05, 0.1) is 6.10 Å². The lowest BCUT2D eigenvalue weighted by atomic mass is 10.4. The van der Waals surface area contributed by atoms with Crippen LogP contribution in [0, 0.1) is 0 Å². The van der Waals surface area contributed by atoms with Gasteiger partial charge in [-0.2, -0.15) is 4.98 Å². The Hall–Kier alpha value is -1.63. The number of nitrogens with zero attached hydrogens (tertiary/aromatic N) is 2. The SMILES string of the molecule is C[C@H](O)CNC(=O)c1nc(N)n[nH]1. The Kier molecular flexibility index (Phi) is 2.80. The molecule has 5 N–H and O–H groups in total. The molecular weight excluding hydrogens is 174 g/mol. The summed E-state index contributed by atoms with van der Waals surface area (Å²) in [5, 5.41) is 17.1. The molecule has 72 valence electrons. The highest BCUT2D eigenvalue weighted by molar-refractivity contribution is 5.90. The molecule has 0 saturated heterocycles. The van der Waals surface area contributed by atoms with Gasteiger partial charge in [0.25, 0.3) is 5.91 Å². The summed E-state index contributed by atoms with van der Waals surface area (Å²) in [7, 11) is 0. The quantitative estimate of drug-likeness (QED) is 0.457. The summed E-state index contributed by atoms with van der Waals surface area (Å²) in [5.74, 6) is -0.384. The van der Waals surface area contributed by atoms with E-state index in [1.165, 1.54) is 0 Å². The van der Waals surface area contributed by atoms with Crippen LogP contribution in [0.4, 0.5) is 5.95 Å². The molecule has 1 aromatic rings. The van der Waals surface area contributed by atoms with Crippen molar-refractivity contribution in [2.45, 2.75) is 13.0 Å². The van der Waals surface area contributed by atoms with Gasteiger partial charge in [0.2, 0.25) is 11.8 Å². The van der Waals surface area contributed by atoms with Crippen molar-refractivity contribution < 1.29 is 9.90 Å². The van der Waals surface area contributed by atoms with Crippen molar-refractivity contribution in [3.63, 3.8) is 0 Å². The van der Waals surface area contributed by atoms with Crippen molar-refractivity contribution in [2.75, 3.05) is 12.3 Å². The topological polar surface area (TPSA) is 117 Å². The summed E-state index contributed by atoms with van der Waals surface area (Å²) >= 11 is 0. The number of rotatable bonds is 3. The Morgan fingerprint density at radius 2 is 2.54 bits per heavy atom. The molecule has 1 rings (SSSR count). The Balaban J connectivity index is 2.49. The molecular formula is C6H11N5O2. The molecule has 1 amide bonds. The van der Waals surface area contributed by atoms with Crippen LogP contribution < -0.4 is 11.1 Å².